The Morgan fingerprint density at radius 2 is 2.17 bits per heavy atom. The number of rotatable bonds is 7. The van der Waals surface area contributed by atoms with E-state index in [9.17, 15) is 0 Å². The van der Waals surface area contributed by atoms with Crippen LogP contribution in [0.25, 0.3) is 0 Å². The van der Waals surface area contributed by atoms with Crippen LogP contribution >= 0.6 is 0 Å². The summed E-state index contributed by atoms with van der Waals surface area (Å²) < 4.78 is 0. The fourth-order valence-electron chi connectivity index (χ4n) is 1.26. The van der Waals surface area contributed by atoms with E-state index in [-0.39, 0.29) is 0 Å². The zero-order valence-electron chi connectivity index (χ0n) is 8.40. The van der Waals surface area contributed by atoms with Crippen LogP contribution in [0.5, 0.6) is 0 Å². The van der Waals surface area contributed by atoms with Crippen molar-refractivity contribution in [1.82, 2.24) is 10.6 Å². The Morgan fingerprint density at radius 1 is 1.42 bits per heavy atom. The predicted octanol–water partition coefficient (Wildman–Crippen LogP) is 1.37. The van der Waals surface area contributed by atoms with Gasteiger partial charge in [-0.3, -0.25) is 0 Å². The average molecular weight is 170 g/mol. The second-order valence-electron chi connectivity index (χ2n) is 3.96. The lowest BCUT2D eigenvalue weighted by molar-refractivity contribution is 0.490. The summed E-state index contributed by atoms with van der Waals surface area (Å²) in [7, 11) is 0. The van der Waals surface area contributed by atoms with Crippen molar-refractivity contribution in [2.45, 2.75) is 39.2 Å². The molecule has 0 amide bonds. The van der Waals surface area contributed by atoms with Gasteiger partial charge in [0.25, 0.3) is 0 Å². The first-order valence-corrected chi connectivity index (χ1v) is 5.27. The van der Waals surface area contributed by atoms with Crippen LogP contribution in [0.4, 0.5) is 0 Å². The van der Waals surface area contributed by atoms with E-state index in [1.54, 1.807) is 0 Å². The van der Waals surface area contributed by atoms with Gasteiger partial charge < -0.3 is 10.6 Å². The van der Waals surface area contributed by atoms with Gasteiger partial charge in [0.05, 0.1) is 0 Å². The molecule has 0 aromatic rings. The van der Waals surface area contributed by atoms with E-state index in [1.807, 2.05) is 0 Å². The summed E-state index contributed by atoms with van der Waals surface area (Å²) in [6.45, 7) is 7.95. The van der Waals surface area contributed by atoms with Gasteiger partial charge in [-0.15, -0.1) is 0 Å². The third kappa shape index (κ3) is 4.73. The molecule has 72 valence electrons. The lowest BCUT2D eigenvalue weighted by Crippen LogP contribution is -2.37. The van der Waals surface area contributed by atoms with E-state index in [4.69, 9.17) is 0 Å². The molecule has 0 saturated heterocycles. The van der Waals surface area contributed by atoms with Gasteiger partial charge in [0.15, 0.2) is 0 Å². The smallest absolute Gasteiger partial charge is 0.0164 e. The topological polar surface area (TPSA) is 24.1 Å². The molecular formula is C10H22N2. The molecule has 2 heteroatoms. The number of hydrogen-bond acceptors (Lipinski definition) is 2. The zero-order valence-corrected chi connectivity index (χ0v) is 8.40. The van der Waals surface area contributed by atoms with Crippen molar-refractivity contribution in [3.8, 4) is 0 Å². The summed E-state index contributed by atoms with van der Waals surface area (Å²) >= 11 is 0. The monoisotopic (exact) mass is 170 g/mol. The van der Waals surface area contributed by atoms with Crippen LogP contribution in [0.15, 0.2) is 0 Å². The quantitative estimate of drug-likeness (QED) is 0.564. The Labute approximate surface area is 76.1 Å². The average Bonchev–Trinajstić information content (AvgIpc) is 2.84. The highest BCUT2D eigenvalue weighted by Crippen LogP contribution is 2.27. The van der Waals surface area contributed by atoms with Crippen molar-refractivity contribution in [3.63, 3.8) is 0 Å². The van der Waals surface area contributed by atoms with Crippen molar-refractivity contribution in [1.29, 1.82) is 0 Å². The van der Waals surface area contributed by atoms with E-state index in [0.29, 0.717) is 6.04 Å². The second-order valence-corrected chi connectivity index (χ2v) is 3.96. The summed E-state index contributed by atoms with van der Waals surface area (Å²) in [6.07, 6.45) is 4.12. The maximum absolute atomic E-state index is 3.54. The first kappa shape index (κ1) is 10.0. The molecule has 1 aliphatic carbocycles. The number of nitrogens with one attached hydrogen (secondary N) is 2. The Balaban J connectivity index is 1.84. The standard InChI is InChI=1S/C10H22N2/c1-3-6-11-7-9(2)12-8-10-4-5-10/h9-12H,3-8H2,1-2H3. The van der Waals surface area contributed by atoms with Gasteiger partial charge >= 0.3 is 0 Å². The van der Waals surface area contributed by atoms with Gasteiger partial charge in [0.2, 0.25) is 0 Å². The molecule has 12 heavy (non-hydrogen) atoms. The van der Waals surface area contributed by atoms with Crippen molar-refractivity contribution >= 4 is 0 Å². The molecule has 0 spiro atoms. The SMILES string of the molecule is CCCNCC(C)NCC1CC1. The minimum atomic E-state index is 0.636. The second kappa shape index (κ2) is 5.55. The molecule has 1 unspecified atom stereocenters. The minimum Gasteiger partial charge on any atom is -0.315 e. The summed E-state index contributed by atoms with van der Waals surface area (Å²) in [5.74, 6) is 0.999. The van der Waals surface area contributed by atoms with Crippen molar-refractivity contribution in [2.75, 3.05) is 19.6 Å². The molecule has 0 aliphatic heterocycles. The first-order chi connectivity index (χ1) is 5.83. The van der Waals surface area contributed by atoms with E-state index in [1.165, 1.54) is 25.8 Å². The molecule has 2 N–H and O–H groups in total. The summed E-state index contributed by atoms with van der Waals surface area (Å²) in [5, 5.41) is 6.96. The van der Waals surface area contributed by atoms with Crippen LogP contribution in [0.2, 0.25) is 0 Å². The molecule has 1 rings (SSSR count). The van der Waals surface area contributed by atoms with E-state index < -0.39 is 0 Å². The van der Waals surface area contributed by atoms with Crippen molar-refractivity contribution in [2.24, 2.45) is 5.92 Å². The summed E-state index contributed by atoms with van der Waals surface area (Å²) in [6, 6.07) is 0.636. The number of hydrogen-bond donors (Lipinski definition) is 2. The molecule has 0 aromatic heterocycles. The van der Waals surface area contributed by atoms with Crippen molar-refractivity contribution in [3.05, 3.63) is 0 Å². The highest BCUT2D eigenvalue weighted by atomic mass is 15.0. The van der Waals surface area contributed by atoms with Gasteiger partial charge in [0.1, 0.15) is 0 Å². The van der Waals surface area contributed by atoms with Crippen LogP contribution in [0.3, 0.4) is 0 Å². The fourth-order valence-corrected chi connectivity index (χ4v) is 1.26. The fraction of sp³-hybridized carbons (Fsp3) is 1.00. The highest BCUT2D eigenvalue weighted by molar-refractivity contribution is 4.77. The molecule has 1 fully saturated rings. The van der Waals surface area contributed by atoms with Crippen LogP contribution in [0, 0.1) is 5.92 Å². The first-order valence-electron chi connectivity index (χ1n) is 5.27. The van der Waals surface area contributed by atoms with Gasteiger partial charge in [0, 0.05) is 12.6 Å². The normalized spacial score (nSPS) is 19.5. The molecular weight excluding hydrogens is 148 g/mol. The Kier molecular flexibility index (Phi) is 4.62. The molecule has 0 radical (unpaired) electrons. The molecule has 1 saturated carbocycles. The van der Waals surface area contributed by atoms with Crippen LogP contribution in [-0.4, -0.2) is 25.7 Å². The molecule has 1 atom stereocenters. The maximum Gasteiger partial charge on any atom is 0.0164 e. The highest BCUT2D eigenvalue weighted by Gasteiger charge is 2.20. The zero-order chi connectivity index (χ0) is 8.81. The Bertz CT molecular complexity index is 110. The van der Waals surface area contributed by atoms with Gasteiger partial charge in [-0.25, -0.2) is 0 Å². The Morgan fingerprint density at radius 3 is 2.75 bits per heavy atom. The molecule has 0 bridgehead atoms. The Hall–Kier alpha value is -0.0800. The third-order valence-electron chi connectivity index (χ3n) is 2.33. The van der Waals surface area contributed by atoms with E-state index >= 15 is 0 Å². The van der Waals surface area contributed by atoms with Crippen molar-refractivity contribution < 1.29 is 0 Å². The molecule has 1 aliphatic rings. The lowest BCUT2D eigenvalue weighted by Gasteiger charge is -2.13. The van der Waals surface area contributed by atoms with Crippen LogP contribution in [-0.2, 0) is 0 Å². The van der Waals surface area contributed by atoms with Gasteiger partial charge in [-0.2, -0.15) is 0 Å². The van der Waals surface area contributed by atoms with Crippen LogP contribution in [0.1, 0.15) is 33.1 Å². The van der Waals surface area contributed by atoms with E-state index in [2.05, 4.69) is 24.5 Å². The summed E-state index contributed by atoms with van der Waals surface area (Å²) in [5.41, 5.74) is 0. The predicted molar refractivity (Wildman–Crippen MR) is 53.3 cm³/mol. The van der Waals surface area contributed by atoms with Gasteiger partial charge in [-0.05, 0) is 45.2 Å². The maximum atomic E-state index is 3.54. The summed E-state index contributed by atoms with van der Waals surface area (Å²) in [4.78, 5) is 0. The largest absolute Gasteiger partial charge is 0.315 e. The minimum absolute atomic E-state index is 0.636. The van der Waals surface area contributed by atoms with Gasteiger partial charge in [-0.1, -0.05) is 6.92 Å². The van der Waals surface area contributed by atoms with Crippen LogP contribution < -0.4 is 10.6 Å². The molecule has 0 heterocycles. The molecule has 0 aromatic carbocycles. The molecule has 2 nitrogen and oxygen atoms in total. The lowest BCUT2D eigenvalue weighted by atomic mass is 10.3. The third-order valence-corrected chi connectivity index (χ3v) is 2.33. The van der Waals surface area contributed by atoms with E-state index in [0.717, 1.165) is 19.0 Å².